The Morgan fingerprint density at radius 3 is 1.67 bits per heavy atom. The van der Waals surface area contributed by atoms with Gasteiger partial charge in [0.2, 0.25) is 0 Å². The average Bonchev–Trinajstić information content (AvgIpc) is 2.43. The average molecular weight is 235 g/mol. The SMILES string of the molecule is O=Cc1ccc2cc3ccc(C=O)cc3nc2c1. The fourth-order valence-corrected chi connectivity index (χ4v) is 2.00. The molecule has 18 heavy (non-hydrogen) atoms. The maximum absolute atomic E-state index is 10.7. The normalized spacial score (nSPS) is 10.7. The van der Waals surface area contributed by atoms with Gasteiger partial charge in [0.1, 0.15) is 12.6 Å². The van der Waals surface area contributed by atoms with E-state index in [1.807, 2.05) is 18.2 Å². The maximum atomic E-state index is 10.7. The third kappa shape index (κ3) is 1.66. The highest BCUT2D eigenvalue weighted by molar-refractivity contribution is 5.96. The monoisotopic (exact) mass is 235 g/mol. The molecule has 0 aliphatic rings. The predicted octanol–water partition coefficient (Wildman–Crippen LogP) is 3.01. The van der Waals surface area contributed by atoms with Crippen LogP contribution in [0.1, 0.15) is 20.7 Å². The molecule has 1 heterocycles. The number of carbonyl (C=O) groups is 2. The Morgan fingerprint density at radius 2 is 1.22 bits per heavy atom. The van der Waals surface area contributed by atoms with Gasteiger partial charge in [-0.1, -0.05) is 24.3 Å². The zero-order chi connectivity index (χ0) is 12.5. The van der Waals surface area contributed by atoms with Gasteiger partial charge >= 0.3 is 0 Å². The third-order valence-corrected chi connectivity index (χ3v) is 2.93. The number of aromatic nitrogens is 1. The number of hydrogen-bond acceptors (Lipinski definition) is 3. The van der Waals surface area contributed by atoms with Crippen LogP contribution in [-0.4, -0.2) is 17.6 Å². The van der Waals surface area contributed by atoms with Crippen molar-refractivity contribution < 1.29 is 9.59 Å². The van der Waals surface area contributed by atoms with E-state index in [1.165, 1.54) is 0 Å². The van der Waals surface area contributed by atoms with Gasteiger partial charge in [-0.3, -0.25) is 9.59 Å². The lowest BCUT2D eigenvalue weighted by Gasteiger charge is -2.02. The Bertz CT molecular complexity index is 715. The van der Waals surface area contributed by atoms with Crippen molar-refractivity contribution in [1.29, 1.82) is 0 Å². The first-order valence-electron chi connectivity index (χ1n) is 5.55. The van der Waals surface area contributed by atoms with E-state index in [2.05, 4.69) is 4.98 Å². The molecule has 3 heteroatoms. The number of hydrogen-bond donors (Lipinski definition) is 0. The fraction of sp³-hybridized carbons (Fsp3) is 0. The molecule has 0 fully saturated rings. The topological polar surface area (TPSA) is 47.0 Å². The number of benzene rings is 2. The third-order valence-electron chi connectivity index (χ3n) is 2.93. The molecule has 0 atom stereocenters. The number of rotatable bonds is 2. The van der Waals surface area contributed by atoms with E-state index in [0.717, 1.165) is 34.4 Å². The second-order valence-electron chi connectivity index (χ2n) is 4.13. The van der Waals surface area contributed by atoms with Gasteiger partial charge in [0.05, 0.1) is 11.0 Å². The quantitative estimate of drug-likeness (QED) is 0.506. The Morgan fingerprint density at radius 1 is 0.722 bits per heavy atom. The lowest BCUT2D eigenvalue weighted by molar-refractivity contribution is 0.111. The summed E-state index contributed by atoms with van der Waals surface area (Å²) in [5.74, 6) is 0. The highest BCUT2D eigenvalue weighted by Gasteiger charge is 2.02. The molecule has 3 aromatic rings. The number of pyridine rings is 1. The van der Waals surface area contributed by atoms with Gasteiger partial charge in [-0.05, 0) is 18.2 Å². The van der Waals surface area contributed by atoms with E-state index in [0.29, 0.717) is 11.1 Å². The summed E-state index contributed by atoms with van der Waals surface area (Å²) in [4.78, 5) is 26.0. The van der Waals surface area contributed by atoms with E-state index < -0.39 is 0 Å². The zero-order valence-electron chi connectivity index (χ0n) is 9.46. The molecule has 0 saturated carbocycles. The second kappa shape index (κ2) is 4.04. The van der Waals surface area contributed by atoms with E-state index in [1.54, 1.807) is 24.3 Å². The first kappa shape index (κ1) is 10.6. The molecule has 0 saturated heterocycles. The summed E-state index contributed by atoms with van der Waals surface area (Å²) in [6.45, 7) is 0. The molecule has 0 aliphatic heterocycles. The van der Waals surface area contributed by atoms with Crippen molar-refractivity contribution in [2.45, 2.75) is 0 Å². The predicted molar refractivity (Wildman–Crippen MR) is 70.0 cm³/mol. The molecule has 86 valence electrons. The number of fused-ring (bicyclic) bond motifs is 2. The van der Waals surface area contributed by atoms with Crippen LogP contribution >= 0.6 is 0 Å². The molecule has 0 aliphatic carbocycles. The molecule has 3 rings (SSSR count). The van der Waals surface area contributed by atoms with Crippen LogP contribution in [-0.2, 0) is 0 Å². The van der Waals surface area contributed by atoms with Crippen LogP contribution in [0.3, 0.4) is 0 Å². The molecule has 0 radical (unpaired) electrons. The summed E-state index contributed by atoms with van der Waals surface area (Å²) in [5.41, 5.74) is 2.71. The molecule has 0 unspecified atom stereocenters. The largest absolute Gasteiger partial charge is 0.298 e. The molecule has 0 amide bonds. The minimum Gasteiger partial charge on any atom is -0.298 e. The number of nitrogens with zero attached hydrogens (tertiary/aromatic N) is 1. The van der Waals surface area contributed by atoms with E-state index in [9.17, 15) is 9.59 Å². The minimum absolute atomic E-state index is 0.598. The van der Waals surface area contributed by atoms with Crippen LogP contribution in [0.25, 0.3) is 21.8 Å². The summed E-state index contributed by atoms with van der Waals surface area (Å²) in [6, 6.07) is 12.8. The Balaban J connectivity index is 2.36. The van der Waals surface area contributed by atoms with Gasteiger partial charge in [0.25, 0.3) is 0 Å². The van der Waals surface area contributed by atoms with Crippen LogP contribution in [0.4, 0.5) is 0 Å². The first-order chi connectivity index (χ1) is 8.80. The molecule has 0 bridgehead atoms. The summed E-state index contributed by atoms with van der Waals surface area (Å²) in [7, 11) is 0. The fourth-order valence-electron chi connectivity index (χ4n) is 2.00. The van der Waals surface area contributed by atoms with Crippen LogP contribution in [0.2, 0.25) is 0 Å². The molecular weight excluding hydrogens is 226 g/mol. The van der Waals surface area contributed by atoms with Crippen molar-refractivity contribution in [2.24, 2.45) is 0 Å². The molecular formula is C15H9NO2. The molecule has 3 nitrogen and oxygen atoms in total. The van der Waals surface area contributed by atoms with Crippen LogP contribution in [0.5, 0.6) is 0 Å². The highest BCUT2D eigenvalue weighted by atomic mass is 16.1. The summed E-state index contributed by atoms with van der Waals surface area (Å²) < 4.78 is 0. The Labute approximate surface area is 103 Å². The molecule has 0 spiro atoms. The van der Waals surface area contributed by atoms with E-state index in [4.69, 9.17) is 0 Å². The standard InChI is InChI=1S/C15H9NO2/c17-8-10-1-3-12-7-13-4-2-11(9-18)6-15(13)16-14(12)5-10/h1-9H. The highest BCUT2D eigenvalue weighted by Crippen LogP contribution is 2.21. The van der Waals surface area contributed by atoms with Gasteiger partial charge in [0.15, 0.2) is 0 Å². The Kier molecular flexibility index (Phi) is 2.38. The Hall–Kier alpha value is -2.55. The minimum atomic E-state index is 0.598. The van der Waals surface area contributed by atoms with Crippen molar-refractivity contribution in [3.63, 3.8) is 0 Å². The molecule has 0 N–H and O–H groups in total. The van der Waals surface area contributed by atoms with Gasteiger partial charge in [-0.2, -0.15) is 0 Å². The lowest BCUT2D eigenvalue weighted by atomic mass is 10.1. The summed E-state index contributed by atoms with van der Waals surface area (Å²) >= 11 is 0. The molecule has 2 aromatic carbocycles. The van der Waals surface area contributed by atoms with Gasteiger partial charge < -0.3 is 0 Å². The lowest BCUT2D eigenvalue weighted by Crippen LogP contribution is -1.87. The second-order valence-corrected chi connectivity index (χ2v) is 4.13. The van der Waals surface area contributed by atoms with Gasteiger partial charge in [-0.25, -0.2) is 4.98 Å². The molecule has 1 aromatic heterocycles. The van der Waals surface area contributed by atoms with Crippen molar-refractivity contribution in [1.82, 2.24) is 4.98 Å². The van der Waals surface area contributed by atoms with Crippen LogP contribution in [0.15, 0.2) is 42.5 Å². The van der Waals surface area contributed by atoms with Crippen molar-refractivity contribution in [2.75, 3.05) is 0 Å². The van der Waals surface area contributed by atoms with Crippen LogP contribution < -0.4 is 0 Å². The zero-order valence-corrected chi connectivity index (χ0v) is 9.46. The van der Waals surface area contributed by atoms with Crippen molar-refractivity contribution in [3.8, 4) is 0 Å². The number of carbonyl (C=O) groups excluding carboxylic acids is 2. The smallest absolute Gasteiger partial charge is 0.150 e. The van der Waals surface area contributed by atoms with Crippen molar-refractivity contribution >= 4 is 34.4 Å². The first-order valence-corrected chi connectivity index (χ1v) is 5.55. The van der Waals surface area contributed by atoms with Crippen molar-refractivity contribution in [3.05, 3.63) is 53.6 Å². The summed E-state index contributed by atoms with van der Waals surface area (Å²) in [6.07, 6.45) is 1.60. The van der Waals surface area contributed by atoms with E-state index in [-0.39, 0.29) is 0 Å². The van der Waals surface area contributed by atoms with Crippen LogP contribution in [0, 0.1) is 0 Å². The van der Waals surface area contributed by atoms with Gasteiger partial charge in [-0.15, -0.1) is 0 Å². The van der Waals surface area contributed by atoms with E-state index >= 15 is 0 Å². The summed E-state index contributed by atoms with van der Waals surface area (Å²) in [5, 5.41) is 1.96. The van der Waals surface area contributed by atoms with Gasteiger partial charge in [0, 0.05) is 21.9 Å². The number of aldehydes is 2. The maximum Gasteiger partial charge on any atom is 0.150 e.